The summed E-state index contributed by atoms with van der Waals surface area (Å²) < 4.78 is 90.4. The van der Waals surface area contributed by atoms with Crippen LogP contribution in [0.3, 0.4) is 0 Å². The highest BCUT2D eigenvalue weighted by Gasteiger charge is 2.47. The average Bonchev–Trinajstić information content (AvgIpc) is 3.09. The van der Waals surface area contributed by atoms with Gasteiger partial charge in [-0.15, -0.1) is 0 Å². The van der Waals surface area contributed by atoms with Gasteiger partial charge in [0.25, 0.3) is 0 Å². The smallest absolute Gasteiger partial charge is 0.243 e. The first-order chi connectivity index (χ1) is 15.8. The SMILES string of the molecule is COc1ccc(S(=O)(=O)NCCN([C@]2(C)CCS(=O)(=O)C2)S(=O)(=O)c2ccc(OC)cc2)cc1. The molecule has 3 rings (SSSR count). The van der Waals surface area contributed by atoms with Crippen LogP contribution in [0.4, 0.5) is 0 Å². The van der Waals surface area contributed by atoms with Crippen LogP contribution < -0.4 is 14.2 Å². The maximum Gasteiger partial charge on any atom is 0.243 e. The lowest BCUT2D eigenvalue weighted by molar-refractivity contribution is 0.236. The third-order valence-electron chi connectivity index (χ3n) is 5.71. The van der Waals surface area contributed by atoms with Crippen LogP contribution in [0, 0.1) is 0 Å². The van der Waals surface area contributed by atoms with Gasteiger partial charge in [0, 0.05) is 18.6 Å². The van der Waals surface area contributed by atoms with Crippen molar-refractivity contribution < 1.29 is 34.7 Å². The molecule has 1 N–H and O–H groups in total. The fourth-order valence-electron chi connectivity index (χ4n) is 3.87. The highest BCUT2D eigenvalue weighted by atomic mass is 32.2. The Kier molecular flexibility index (Phi) is 7.63. The highest BCUT2D eigenvalue weighted by molar-refractivity contribution is 7.92. The number of rotatable bonds is 10. The Hall–Kier alpha value is -2.19. The number of hydrogen-bond donors (Lipinski definition) is 1. The monoisotopic (exact) mass is 532 g/mol. The fourth-order valence-corrected chi connectivity index (χ4v) is 8.91. The van der Waals surface area contributed by atoms with Crippen LogP contribution in [0.15, 0.2) is 58.3 Å². The van der Waals surface area contributed by atoms with E-state index in [1.807, 2.05) is 0 Å². The lowest BCUT2D eigenvalue weighted by Gasteiger charge is -2.36. The molecule has 10 nitrogen and oxygen atoms in total. The van der Waals surface area contributed by atoms with Crippen molar-refractivity contribution >= 4 is 29.9 Å². The van der Waals surface area contributed by atoms with Gasteiger partial charge in [-0.2, -0.15) is 4.31 Å². The predicted octanol–water partition coefficient (Wildman–Crippen LogP) is 1.25. The summed E-state index contributed by atoms with van der Waals surface area (Å²) in [4.78, 5) is -0.0515. The van der Waals surface area contributed by atoms with Gasteiger partial charge >= 0.3 is 0 Å². The molecule has 1 saturated heterocycles. The Labute approximate surface area is 200 Å². The average molecular weight is 533 g/mol. The van der Waals surface area contributed by atoms with Crippen molar-refractivity contribution in [1.29, 1.82) is 0 Å². The van der Waals surface area contributed by atoms with Gasteiger partial charge in [0.1, 0.15) is 11.5 Å². The number of ether oxygens (including phenoxy) is 2. The molecule has 2 aromatic rings. The van der Waals surface area contributed by atoms with Crippen molar-refractivity contribution in [1.82, 2.24) is 9.03 Å². The molecule has 0 radical (unpaired) electrons. The number of benzene rings is 2. The molecular formula is C21H28N2O8S3. The zero-order valence-corrected chi connectivity index (χ0v) is 21.5. The topological polar surface area (TPSA) is 136 Å². The molecule has 0 spiro atoms. The summed E-state index contributed by atoms with van der Waals surface area (Å²) in [5, 5.41) is 0. The molecule has 34 heavy (non-hydrogen) atoms. The highest BCUT2D eigenvalue weighted by Crippen LogP contribution is 2.34. The molecule has 0 saturated carbocycles. The van der Waals surface area contributed by atoms with E-state index in [1.165, 1.54) is 62.8 Å². The van der Waals surface area contributed by atoms with E-state index in [1.54, 1.807) is 6.92 Å². The number of methoxy groups -OCH3 is 2. The molecular weight excluding hydrogens is 504 g/mol. The minimum absolute atomic E-state index is 0.00693. The molecule has 0 aliphatic carbocycles. The Morgan fingerprint density at radius 2 is 1.41 bits per heavy atom. The van der Waals surface area contributed by atoms with Crippen LogP contribution in [0.5, 0.6) is 11.5 Å². The minimum Gasteiger partial charge on any atom is -0.497 e. The first-order valence-electron chi connectivity index (χ1n) is 10.3. The first kappa shape index (κ1) is 26.4. The van der Waals surface area contributed by atoms with Gasteiger partial charge in [0.05, 0.1) is 35.5 Å². The lowest BCUT2D eigenvalue weighted by atomic mass is 10.0. The van der Waals surface area contributed by atoms with E-state index in [2.05, 4.69) is 4.72 Å². The van der Waals surface area contributed by atoms with E-state index in [-0.39, 0.29) is 40.8 Å². The molecule has 13 heteroatoms. The minimum atomic E-state index is -4.15. The number of hydrogen-bond acceptors (Lipinski definition) is 8. The van der Waals surface area contributed by atoms with Gasteiger partial charge in [-0.05, 0) is 61.9 Å². The van der Waals surface area contributed by atoms with Crippen molar-refractivity contribution in [2.24, 2.45) is 0 Å². The molecule has 1 aliphatic rings. The van der Waals surface area contributed by atoms with Crippen LogP contribution in [-0.2, 0) is 29.9 Å². The van der Waals surface area contributed by atoms with Crippen LogP contribution >= 0.6 is 0 Å². The van der Waals surface area contributed by atoms with Crippen LogP contribution in [0.25, 0.3) is 0 Å². The van der Waals surface area contributed by atoms with E-state index >= 15 is 0 Å². The Morgan fingerprint density at radius 1 is 0.912 bits per heavy atom. The zero-order chi connectivity index (χ0) is 25.2. The summed E-state index contributed by atoms with van der Waals surface area (Å²) in [5.74, 6) is 0.467. The number of sulfonamides is 2. The molecule has 1 aliphatic heterocycles. The lowest BCUT2D eigenvalue weighted by Crippen LogP contribution is -2.53. The molecule has 0 unspecified atom stereocenters. The van der Waals surface area contributed by atoms with Crippen molar-refractivity contribution in [2.75, 3.05) is 38.8 Å². The fraction of sp³-hybridized carbons (Fsp3) is 0.429. The zero-order valence-electron chi connectivity index (χ0n) is 19.1. The first-order valence-corrected chi connectivity index (χ1v) is 15.1. The summed E-state index contributed by atoms with van der Waals surface area (Å²) in [6, 6.07) is 11.5. The van der Waals surface area contributed by atoms with Gasteiger partial charge in [0.15, 0.2) is 9.84 Å². The maximum atomic E-state index is 13.5. The van der Waals surface area contributed by atoms with Gasteiger partial charge in [-0.3, -0.25) is 0 Å². The normalized spacial score (nSPS) is 20.4. The van der Waals surface area contributed by atoms with E-state index in [9.17, 15) is 25.3 Å². The van der Waals surface area contributed by atoms with E-state index in [0.29, 0.717) is 11.5 Å². The summed E-state index contributed by atoms with van der Waals surface area (Å²) in [5.41, 5.74) is -1.22. The second-order valence-corrected chi connectivity index (χ2v) is 14.0. The van der Waals surface area contributed by atoms with Gasteiger partial charge in [-0.1, -0.05) is 0 Å². The summed E-state index contributed by atoms with van der Waals surface area (Å²) in [6.45, 7) is 1.06. The number of nitrogens with one attached hydrogen (secondary N) is 1. The van der Waals surface area contributed by atoms with Crippen molar-refractivity contribution in [3.8, 4) is 11.5 Å². The van der Waals surface area contributed by atoms with Crippen LogP contribution in [-0.4, -0.2) is 73.9 Å². The van der Waals surface area contributed by atoms with Crippen LogP contribution in [0.2, 0.25) is 0 Å². The van der Waals surface area contributed by atoms with Gasteiger partial charge in [-0.25, -0.2) is 30.0 Å². The molecule has 1 atom stereocenters. The van der Waals surface area contributed by atoms with Crippen molar-refractivity contribution in [3.05, 3.63) is 48.5 Å². The Balaban J connectivity index is 1.87. The molecule has 1 fully saturated rings. The quantitative estimate of drug-likeness (QED) is 0.483. The third kappa shape index (κ3) is 5.71. The van der Waals surface area contributed by atoms with E-state index in [4.69, 9.17) is 9.47 Å². The van der Waals surface area contributed by atoms with Gasteiger partial charge < -0.3 is 9.47 Å². The standard InChI is InChI=1S/C21H28N2O8S3/c1-21(12-15-32(24,25)16-21)23(34(28,29)20-10-6-18(31-3)7-11-20)14-13-22-33(26,27)19-8-4-17(30-2)5-9-19/h4-11,22H,12-16H2,1-3H3/t21-/m1/s1. The predicted molar refractivity (Wildman–Crippen MR) is 127 cm³/mol. The Bertz CT molecular complexity index is 1320. The molecule has 188 valence electrons. The maximum absolute atomic E-state index is 13.5. The van der Waals surface area contributed by atoms with Gasteiger partial charge in [0.2, 0.25) is 20.0 Å². The van der Waals surface area contributed by atoms with Crippen molar-refractivity contribution in [2.45, 2.75) is 28.7 Å². The second-order valence-electron chi connectivity index (χ2n) is 8.16. The number of sulfone groups is 1. The second kappa shape index (κ2) is 9.82. The van der Waals surface area contributed by atoms with Crippen molar-refractivity contribution in [3.63, 3.8) is 0 Å². The molecule has 0 amide bonds. The molecule has 2 aromatic carbocycles. The molecule has 0 aromatic heterocycles. The molecule has 0 bridgehead atoms. The molecule has 1 heterocycles. The Morgan fingerprint density at radius 3 is 1.85 bits per heavy atom. The third-order valence-corrected chi connectivity index (χ3v) is 11.1. The van der Waals surface area contributed by atoms with E-state index in [0.717, 1.165) is 4.31 Å². The largest absolute Gasteiger partial charge is 0.497 e. The summed E-state index contributed by atoms with van der Waals surface area (Å²) in [7, 11) is -8.59. The van der Waals surface area contributed by atoms with Crippen LogP contribution in [0.1, 0.15) is 13.3 Å². The van der Waals surface area contributed by atoms with E-state index < -0.39 is 35.4 Å². The summed E-state index contributed by atoms with van der Waals surface area (Å²) in [6.07, 6.45) is 0.107. The summed E-state index contributed by atoms with van der Waals surface area (Å²) >= 11 is 0. The number of nitrogens with zero attached hydrogens (tertiary/aromatic N) is 1.